The van der Waals surface area contributed by atoms with E-state index in [0.717, 1.165) is 12.0 Å². The van der Waals surface area contributed by atoms with E-state index in [1.807, 2.05) is 30.3 Å². The first-order chi connectivity index (χ1) is 13.5. The first-order valence-electron chi connectivity index (χ1n) is 11.1. The summed E-state index contributed by atoms with van der Waals surface area (Å²) in [6.07, 6.45) is 2.31. The van der Waals surface area contributed by atoms with Crippen LogP contribution in [0.4, 0.5) is 0 Å². The maximum atomic E-state index is 13.7. The Hall–Kier alpha value is -1.46. The first-order valence-corrected chi connectivity index (χ1v) is 17.3. The van der Waals surface area contributed by atoms with Gasteiger partial charge in [-0.15, -0.1) is 0 Å². The van der Waals surface area contributed by atoms with Gasteiger partial charge in [-0.3, -0.25) is 4.79 Å². The molecule has 0 bridgehead atoms. The molecule has 3 heteroatoms. The van der Waals surface area contributed by atoms with Gasteiger partial charge in [0.15, 0.2) is 5.78 Å². The molecule has 0 amide bonds. The van der Waals surface area contributed by atoms with Crippen LogP contribution in [0.2, 0.25) is 42.3 Å². The number of hydrogen-bond acceptors (Lipinski definition) is 1. The minimum Gasteiger partial charge on any atom is -0.294 e. The van der Waals surface area contributed by atoms with Crippen LogP contribution in [0, 0.1) is 5.92 Å². The summed E-state index contributed by atoms with van der Waals surface area (Å²) in [5.41, 5.74) is 2.12. The molecule has 3 atom stereocenters. The highest BCUT2D eigenvalue weighted by molar-refractivity contribution is 6.91. The van der Waals surface area contributed by atoms with Crippen LogP contribution >= 0.6 is 0 Å². The molecule has 29 heavy (non-hydrogen) atoms. The molecule has 2 aromatic rings. The van der Waals surface area contributed by atoms with E-state index in [1.165, 1.54) is 11.6 Å². The summed E-state index contributed by atoms with van der Waals surface area (Å²) >= 11 is 0. The standard InChI is InChI=1S/C26H38OSi2/c1-26(2,3)29(6,7)22-18-23(25(27)20-14-10-8-11-15-20)24(19-22)28(4,5)21-16-12-9-13-17-21/h8-17,22-24H,18-19H2,1-7H3/t22-,23-,24-/m0/s1. The number of Topliss-reactive ketones (excluding diaryl/α,β-unsaturated/α-hetero) is 1. The number of hydrogen-bond donors (Lipinski definition) is 0. The molecule has 3 rings (SSSR count). The van der Waals surface area contributed by atoms with Crippen LogP contribution in [0.25, 0.3) is 0 Å². The number of ketones is 1. The predicted octanol–water partition coefficient (Wildman–Crippen LogP) is 7.14. The Kier molecular flexibility index (Phi) is 6.13. The molecule has 2 aromatic carbocycles. The van der Waals surface area contributed by atoms with Gasteiger partial charge in [-0.05, 0) is 22.5 Å². The zero-order valence-electron chi connectivity index (χ0n) is 19.3. The zero-order chi connectivity index (χ0) is 21.4. The molecular weight excluding hydrogens is 384 g/mol. The minimum atomic E-state index is -1.78. The van der Waals surface area contributed by atoms with Gasteiger partial charge >= 0.3 is 0 Å². The topological polar surface area (TPSA) is 17.1 Å². The smallest absolute Gasteiger partial charge is 0.165 e. The number of benzene rings is 2. The summed E-state index contributed by atoms with van der Waals surface area (Å²) < 4.78 is 0. The van der Waals surface area contributed by atoms with Crippen LogP contribution in [-0.2, 0) is 0 Å². The lowest BCUT2D eigenvalue weighted by molar-refractivity contribution is 0.0921. The number of rotatable bonds is 5. The molecule has 1 aliphatic rings. The van der Waals surface area contributed by atoms with Crippen LogP contribution in [0.15, 0.2) is 60.7 Å². The molecule has 1 aliphatic carbocycles. The summed E-state index contributed by atoms with van der Waals surface area (Å²) in [7, 11) is -3.30. The summed E-state index contributed by atoms with van der Waals surface area (Å²) in [5, 5.41) is 1.84. The van der Waals surface area contributed by atoms with Gasteiger partial charge < -0.3 is 0 Å². The summed E-state index contributed by atoms with van der Waals surface area (Å²) in [6.45, 7) is 17.3. The largest absolute Gasteiger partial charge is 0.294 e. The van der Waals surface area contributed by atoms with E-state index < -0.39 is 16.1 Å². The van der Waals surface area contributed by atoms with Crippen molar-refractivity contribution < 1.29 is 4.79 Å². The number of carbonyl (C=O) groups excluding carboxylic acids is 1. The molecule has 0 radical (unpaired) electrons. The van der Waals surface area contributed by atoms with Crippen LogP contribution in [0.1, 0.15) is 44.0 Å². The van der Waals surface area contributed by atoms with Crippen molar-refractivity contribution >= 4 is 27.1 Å². The van der Waals surface area contributed by atoms with Crippen molar-refractivity contribution in [3.8, 4) is 0 Å². The van der Waals surface area contributed by atoms with Crippen molar-refractivity contribution in [2.24, 2.45) is 5.92 Å². The third-order valence-corrected chi connectivity index (χ3v) is 19.0. The first kappa shape index (κ1) is 22.2. The second-order valence-corrected chi connectivity index (χ2v) is 21.7. The molecule has 1 fully saturated rings. The van der Waals surface area contributed by atoms with Gasteiger partial charge in [0.1, 0.15) is 0 Å². The molecule has 0 N–H and O–H groups in total. The van der Waals surface area contributed by atoms with E-state index >= 15 is 0 Å². The molecule has 1 saturated carbocycles. The Bertz CT molecular complexity index is 834. The van der Waals surface area contributed by atoms with Crippen LogP contribution < -0.4 is 5.19 Å². The molecule has 0 unspecified atom stereocenters. The highest BCUT2D eigenvalue weighted by atomic mass is 28.3. The lowest BCUT2D eigenvalue weighted by atomic mass is 9.96. The van der Waals surface area contributed by atoms with Gasteiger partial charge in [-0.25, -0.2) is 0 Å². The summed E-state index contributed by atoms with van der Waals surface area (Å²) in [6, 6.07) is 21.1. The van der Waals surface area contributed by atoms with Crippen LogP contribution in [0.5, 0.6) is 0 Å². The molecule has 156 valence electrons. The normalized spacial score (nSPS) is 23.2. The highest BCUT2D eigenvalue weighted by Crippen LogP contribution is 2.58. The van der Waals surface area contributed by atoms with Gasteiger partial charge in [0.05, 0.1) is 16.1 Å². The Labute approximate surface area is 180 Å². The van der Waals surface area contributed by atoms with E-state index in [-0.39, 0.29) is 5.92 Å². The lowest BCUT2D eigenvalue weighted by Crippen LogP contribution is -2.48. The number of carbonyl (C=O) groups is 1. The van der Waals surface area contributed by atoms with Crippen LogP contribution in [0.3, 0.4) is 0 Å². The second kappa shape index (κ2) is 7.99. The second-order valence-electron chi connectivity index (χ2n) is 11.2. The Balaban J connectivity index is 2.02. The van der Waals surface area contributed by atoms with Gasteiger partial charge in [-0.1, -0.05) is 119 Å². The predicted molar refractivity (Wildman–Crippen MR) is 132 cm³/mol. The summed E-state index contributed by atoms with van der Waals surface area (Å²) in [5.74, 6) is 0.548. The Morgan fingerprint density at radius 1 is 0.828 bits per heavy atom. The average Bonchev–Trinajstić information content (AvgIpc) is 3.15. The maximum Gasteiger partial charge on any atom is 0.165 e. The monoisotopic (exact) mass is 422 g/mol. The molecule has 0 saturated heterocycles. The fraction of sp³-hybridized carbons (Fsp3) is 0.500. The van der Waals surface area contributed by atoms with E-state index in [1.54, 1.807) is 0 Å². The molecule has 1 nitrogen and oxygen atoms in total. The van der Waals surface area contributed by atoms with Gasteiger partial charge in [0, 0.05) is 11.5 Å². The molecule has 0 heterocycles. The summed E-state index contributed by atoms with van der Waals surface area (Å²) in [4.78, 5) is 13.7. The fourth-order valence-electron chi connectivity index (χ4n) is 5.23. The molecular formula is C26H38OSi2. The Morgan fingerprint density at radius 2 is 1.34 bits per heavy atom. The van der Waals surface area contributed by atoms with Gasteiger partial charge in [0.25, 0.3) is 0 Å². The lowest BCUT2D eigenvalue weighted by Gasteiger charge is -2.42. The molecule has 0 aromatic heterocycles. The van der Waals surface area contributed by atoms with Crippen molar-refractivity contribution in [1.82, 2.24) is 0 Å². The zero-order valence-corrected chi connectivity index (χ0v) is 21.3. The quantitative estimate of drug-likeness (QED) is 0.369. The van der Waals surface area contributed by atoms with Crippen molar-refractivity contribution in [2.45, 2.75) is 75.9 Å². The average molecular weight is 423 g/mol. The van der Waals surface area contributed by atoms with Crippen LogP contribution in [-0.4, -0.2) is 21.9 Å². The minimum absolute atomic E-state index is 0.165. The third kappa shape index (κ3) is 4.22. The molecule has 0 spiro atoms. The van der Waals surface area contributed by atoms with E-state index in [4.69, 9.17) is 0 Å². The SMILES string of the molecule is CC(C)(C)[Si](C)(C)[C@H]1C[C@H](C(=O)c2ccccc2)[C@@H]([Si](C)(C)c2ccccc2)C1. The van der Waals surface area contributed by atoms with E-state index in [9.17, 15) is 4.79 Å². The maximum absolute atomic E-state index is 13.7. The highest BCUT2D eigenvalue weighted by Gasteiger charge is 2.53. The Morgan fingerprint density at radius 3 is 1.86 bits per heavy atom. The fourth-order valence-corrected chi connectivity index (χ4v) is 12.0. The van der Waals surface area contributed by atoms with Gasteiger partial charge in [0.2, 0.25) is 0 Å². The van der Waals surface area contributed by atoms with Crippen molar-refractivity contribution in [3.63, 3.8) is 0 Å². The van der Waals surface area contributed by atoms with Crippen molar-refractivity contribution in [3.05, 3.63) is 66.2 Å². The van der Waals surface area contributed by atoms with Gasteiger partial charge in [-0.2, -0.15) is 0 Å². The molecule has 0 aliphatic heterocycles. The third-order valence-electron chi connectivity index (χ3n) is 8.36. The van der Waals surface area contributed by atoms with Crippen molar-refractivity contribution in [1.29, 1.82) is 0 Å². The van der Waals surface area contributed by atoms with Crippen molar-refractivity contribution in [2.75, 3.05) is 0 Å². The van der Waals surface area contributed by atoms with E-state index in [2.05, 4.69) is 77.3 Å². The van der Waals surface area contributed by atoms with E-state index in [0.29, 0.717) is 21.9 Å².